The molecule has 1 aromatic rings. The highest BCUT2D eigenvalue weighted by molar-refractivity contribution is 7.15. The number of hydrogen-bond donors (Lipinski definition) is 0. The van der Waals surface area contributed by atoms with Gasteiger partial charge in [0, 0.05) is 56.4 Å². The van der Waals surface area contributed by atoms with Gasteiger partial charge in [-0.2, -0.15) is 0 Å². The average Bonchev–Trinajstić information content (AvgIpc) is 3.08. The largest absolute Gasteiger partial charge is 0.374 e. The molecule has 0 saturated carbocycles. The SMILES string of the molecule is CCN(CC)c1ncc(CN2C[C@H]3OCCN(C)[C@H]3C2)s1. The van der Waals surface area contributed by atoms with Crippen LogP contribution in [0.1, 0.15) is 18.7 Å². The van der Waals surface area contributed by atoms with Crippen molar-refractivity contribution >= 4 is 16.5 Å². The summed E-state index contributed by atoms with van der Waals surface area (Å²) in [6.45, 7) is 11.5. The van der Waals surface area contributed by atoms with Gasteiger partial charge in [0.25, 0.3) is 0 Å². The molecule has 0 aliphatic carbocycles. The van der Waals surface area contributed by atoms with Crippen LogP contribution in [0.25, 0.3) is 0 Å². The number of hydrogen-bond acceptors (Lipinski definition) is 6. The van der Waals surface area contributed by atoms with Crippen LogP contribution in [-0.2, 0) is 11.3 Å². The van der Waals surface area contributed by atoms with E-state index >= 15 is 0 Å². The highest BCUT2D eigenvalue weighted by Crippen LogP contribution is 2.27. The molecule has 3 heterocycles. The summed E-state index contributed by atoms with van der Waals surface area (Å²) in [6, 6.07) is 0.564. The zero-order valence-electron chi connectivity index (χ0n) is 13.3. The lowest BCUT2D eigenvalue weighted by Gasteiger charge is -2.33. The Hall–Kier alpha value is -0.690. The maximum atomic E-state index is 5.91. The number of anilines is 1. The second kappa shape index (κ2) is 6.60. The third-order valence-corrected chi connectivity index (χ3v) is 5.65. The molecule has 0 spiro atoms. The Kier molecular flexibility index (Phi) is 4.78. The molecule has 118 valence electrons. The zero-order valence-corrected chi connectivity index (χ0v) is 14.1. The maximum absolute atomic E-state index is 5.91. The van der Waals surface area contributed by atoms with Crippen molar-refractivity contribution in [3.63, 3.8) is 0 Å². The molecule has 0 radical (unpaired) electrons. The summed E-state index contributed by atoms with van der Waals surface area (Å²) in [4.78, 5) is 13.2. The van der Waals surface area contributed by atoms with Gasteiger partial charge in [-0.25, -0.2) is 4.98 Å². The van der Waals surface area contributed by atoms with Crippen molar-refractivity contribution in [1.29, 1.82) is 0 Å². The molecule has 0 N–H and O–H groups in total. The van der Waals surface area contributed by atoms with Crippen LogP contribution < -0.4 is 4.90 Å². The first-order valence-corrected chi connectivity index (χ1v) is 8.76. The third-order valence-electron chi connectivity index (χ3n) is 4.61. The minimum atomic E-state index is 0.388. The molecule has 21 heavy (non-hydrogen) atoms. The number of likely N-dealkylation sites (N-methyl/N-ethyl adjacent to an activating group) is 1. The minimum absolute atomic E-state index is 0.388. The summed E-state index contributed by atoms with van der Waals surface area (Å²) in [5.41, 5.74) is 0. The molecule has 0 aromatic carbocycles. The van der Waals surface area contributed by atoms with Crippen LogP contribution in [0.3, 0.4) is 0 Å². The van der Waals surface area contributed by atoms with Crippen molar-refractivity contribution in [3.05, 3.63) is 11.1 Å². The number of nitrogens with zero attached hydrogens (tertiary/aromatic N) is 4. The lowest BCUT2D eigenvalue weighted by Crippen LogP contribution is -2.48. The van der Waals surface area contributed by atoms with Crippen molar-refractivity contribution < 1.29 is 4.74 Å². The summed E-state index contributed by atoms with van der Waals surface area (Å²) in [5, 5.41) is 1.15. The summed E-state index contributed by atoms with van der Waals surface area (Å²) in [7, 11) is 2.22. The number of rotatable bonds is 5. The van der Waals surface area contributed by atoms with E-state index < -0.39 is 0 Å². The highest BCUT2D eigenvalue weighted by atomic mass is 32.1. The molecule has 0 unspecified atom stereocenters. The zero-order chi connectivity index (χ0) is 14.8. The first-order chi connectivity index (χ1) is 10.2. The van der Waals surface area contributed by atoms with E-state index in [0.717, 1.165) is 51.0 Å². The fourth-order valence-electron chi connectivity index (χ4n) is 3.29. The van der Waals surface area contributed by atoms with Gasteiger partial charge in [0.1, 0.15) is 0 Å². The predicted octanol–water partition coefficient (Wildman–Crippen LogP) is 1.50. The Morgan fingerprint density at radius 1 is 1.38 bits per heavy atom. The van der Waals surface area contributed by atoms with Crippen LogP contribution in [-0.4, -0.2) is 73.3 Å². The van der Waals surface area contributed by atoms with E-state index in [9.17, 15) is 0 Å². The topological polar surface area (TPSA) is 31.8 Å². The second-order valence-corrected chi connectivity index (χ2v) is 7.03. The third kappa shape index (κ3) is 3.23. The fraction of sp³-hybridized carbons (Fsp3) is 0.800. The van der Waals surface area contributed by atoms with Crippen LogP contribution in [0.5, 0.6) is 0 Å². The normalized spacial score (nSPS) is 27.0. The first-order valence-electron chi connectivity index (χ1n) is 7.95. The second-order valence-electron chi connectivity index (χ2n) is 5.93. The molecule has 1 aromatic heterocycles. The summed E-state index contributed by atoms with van der Waals surface area (Å²) in [6.07, 6.45) is 2.43. The van der Waals surface area contributed by atoms with Crippen LogP contribution in [0.2, 0.25) is 0 Å². The highest BCUT2D eigenvalue weighted by Gasteiger charge is 2.38. The van der Waals surface area contributed by atoms with E-state index in [-0.39, 0.29) is 0 Å². The standard InChI is InChI=1S/C15H26N4OS/c1-4-19(5-2)15-16-8-12(21-15)9-18-10-13-14(11-18)20-7-6-17(13)3/h8,13-14H,4-7,9-11H2,1-3H3/t13-,14+/m0/s1. The first kappa shape index (κ1) is 15.2. The van der Waals surface area contributed by atoms with E-state index in [4.69, 9.17) is 4.74 Å². The molecule has 2 aliphatic rings. The molecule has 2 atom stereocenters. The number of aromatic nitrogens is 1. The van der Waals surface area contributed by atoms with Crippen molar-refractivity contribution in [2.24, 2.45) is 0 Å². The number of fused-ring (bicyclic) bond motifs is 1. The Labute approximate surface area is 131 Å². The lowest BCUT2D eigenvalue weighted by atomic mass is 10.1. The van der Waals surface area contributed by atoms with Gasteiger partial charge >= 0.3 is 0 Å². The molecular weight excluding hydrogens is 284 g/mol. The van der Waals surface area contributed by atoms with E-state index in [1.54, 1.807) is 0 Å². The van der Waals surface area contributed by atoms with Crippen molar-refractivity contribution in [3.8, 4) is 0 Å². The number of ether oxygens (including phenoxy) is 1. The predicted molar refractivity (Wildman–Crippen MR) is 87.1 cm³/mol. The molecule has 0 amide bonds. The fourth-order valence-corrected chi connectivity index (χ4v) is 4.37. The van der Waals surface area contributed by atoms with E-state index in [1.807, 2.05) is 17.5 Å². The van der Waals surface area contributed by atoms with Gasteiger partial charge < -0.3 is 9.64 Å². The molecule has 6 heteroatoms. The number of thiazole rings is 1. The Morgan fingerprint density at radius 3 is 2.90 bits per heavy atom. The van der Waals surface area contributed by atoms with E-state index in [2.05, 4.69) is 40.6 Å². The summed E-state index contributed by atoms with van der Waals surface area (Å²) in [5.74, 6) is 0. The molecule has 2 saturated heterocycles. The molecular formula is C15H26N4OS. The van der Waals surface area contributed by atoms with Crippen LogP contribution in [0.15, 0.2) is 6.20 Å². The molecule has 5 nitrogen and oxygen atoms in total. The monoisotopic (exact) mass is 310 g/mol. The van der Waals surface area contributed by atoms with Crippen molar-refractivity contribution in [2.45, 2.75) is 32.5 Å². The van der Waals surface area contributed by atoms with Crippen molar-refractivity contribution in [2.75, 3.05) is 51.3 Å². The van der Waals surface area contributed by atoms with E-state index in [0.29, 0.717) is 12.1 Å². The quantitative estimate of drug-likeness (QED) is 0.823. The number of morpholine rings is 1. The summed E-state index contributed by atoms with van der Waals surface area (Å²) < 4.78 is 5.91. The van der Waals surface area contributed by atoms with Gasteiger partial charge in [0.05, 0.1) is 12.7 Å². The number of likely N-dealkylation sites (tertiary alicyclic amines) is 1. The van der Waals surface area contributed by atoms with Gasteiger partial charge in [-0.3, -0.25) is 9.80 Å². The van der Waals surface area contributed by atoms with Gasteiger partial charge in [-0.05, 0) is 20.9 Å². The molecule has 0 bridgehead atoms. The molecule has 2 fully saturated rings. The van der Waals surface area contributed by atoms with Gasteiger partial charge in [-0.1, -0.05) is 0 Å². The Morgan fingerprint density at radius 2 is 2.19 bits per heavy atom. The summed E-state index contributed by atoms with van der Waals surface area (Å²) >= 11 is 1.83. The average molecular weight is 310 g/mol. The Balaban J connectivity index is 1.60. The lowest BCUT2D eigenvalue weighted by molar-refractivity contribution is -0.0370. The smallest absolute Gasteiger partial charge is 0.185 e. The van der Waals surface area contributed by atoms with Gasteiger partial charge in [-0.15, -0.1) is 11.3 Å². The Bertz CT molecular complexity index is 462. The van der Waals surface area contributed by atoms with Crippen LogP contribution >= 0.6 is 11.3 Å². The van der Waals surface area contributed by atoms with Crippen LogP contribution in [0.4, 0.5) is 5.13 Å². The molecule has 3 rings (SSSR count). The van der Waals surface area contributed by atoms with Gasteiger partial charge in [0.2, 0.25) is 0 Å². The van der Waals surface area contributed by atoms with E-state index in [1.165, 1.54) is 4.88 Å². The molecule has 2 aliphatic heterocycles. The van der Waals surface area contributed by atoms with Gasteiger partial charge in [0.15, 0.2) is 5.13 Å². The van der Waals surface area contributed by atoms with Crippen LogP contribution in [0, 0.1) is 0 Å². The minimum Gasteiger partial charge on any atom is -0.374 e. The maximum Gasteiger partial charge on any atom is 0.185 e. The van der Waals surface area contributed by atoms with Crippen molar-refractivity contribution in [1.82, 2.24) is 14.8 Å².